The van der Waals surface area contributed by atoms with Crippen molar-refractivity contribution in [3.8, 4) is 0 Å². The number of imide groups is 1. The van der Waals surface area contributed by atoms with Crippen LogP contribution in [0.2, 0.25) is 0 Å². The number of likely N-dealkylation sites (N-methyl/N-ethyl adjacent to an activating group) is 1. The van der Waals surface area contributed by atoms with Crippen LogP contribution in [-0.4, -0.2) is 41.3 Å². The van der Waals surface area contributed by atoms with Gasteiger partial charge in [0.25, 0.3) is 11.8 Å². The summed E-state index contributed by atoms with van der Waals surface area (Å²) in [4.78, 5) is 40.2. The zero-order valence-corrected chi connectivity index (χ0v) is 15.4. The molecule has 1 atom stereocenters. The lowest BCUT2D eigenvalue weighted by Crippen LogP contribution is -2.50. The van der Waals surface area contributed by atoms with Gasteiger partial charge in [-0.3, -0.25) is 19.9 Å². The first-order valence-corrected chi connectivity index (χ1v) is 9.01. The predicted octanol–water partition coefficient (Wildman–Crippen LogP) is 1.68. The van der Waals surface area contributed by atoms with Crippen molar-refractivity contribution in [2.45, 2.75) is 19.0 Å². The Labute approximate surface area is 155 Å². The Morgan fingerprint density at radius 2 is 1.96 bits per heavy atom. The molecule has 8 heteroatoms. The van der Waals surface area contributed by atoms with Crippen LogP contribution in [0.4, 0.5) is 4.79 Å². The van der Waals surface area contributed by atoms with Gasteiger partial charge in [-0.2, -0.15) is 5.01 Å². The molecule has 1 aromatic carbocycles. The molecule has 4 amide bonds. The van der Waals surface area contributed by atoms with E-state index in [0.29, 0.717) is 12.1 Å². The molecule has 2 heterocycles. The summed E-state index contributed by atoms with van der Waals surface area (Å²) in [5.74, 6) is -0.937. The minimum Gasteiger partial charge on any atom is -0.318 e. The molecule has 0 spiro atoms. The van der Waals surface area contributed by atoms with E-state index in [-0.39, 0.29) is 6.54 Å². The van der Waals surface area contributed by atoms with Crippen molar-refractivity contribution in [1.29, 1.82) is 0 Å². The molecule has 0 radical (unpaired) electrons. The van der Waals surface area contributed by atoms with Crippen LogP contribution in [0.5, 0.6) is 0 Å². The highest BCUT2D eigenvalue weighted by Gasteiger charge is 2.49. The Balaban J connectivity index is 1.63. The maximum atomic E-state index is 12.7. The number of nitrogens with one attached hydrogen (secondary N) is 2. The molecule has 1 aliphatic heterocycles. The lowest BCUT2D eigenvalue weighted by atomic mass is 9.92. The van der Waals surface area contributed by atoms with Crippen LogP contribution in [-0.2, 0) is 21.7 Å². The summed E-state index contributed by atoms with van der Waals surface area (Å²) in [5, 5.41) is 5.38. The van der Waals surface area contributed by atoms with Gasteiger partial charge in [0.15, 0.2) is 0 Å². The topological polar surface area (TPSA) is 81.8 Å². The van der Waals surface area contributed by atoms with E-state index >= 15 is 0 Å². The van der Waals surface area contributed by atoms with Gasteiger partial charge in [-0.25, -0.2) is 4.79 Å². The van der Waals surface area contributed by atoms with Crippen LogP contribution in [0.25, 0.3) is 0 Å². The van der Waals surface area contributed by atoms with Crippen LogP contribution >= 0.6 is 11.3 Å². The highest BCUT2D eigenvalue weighted by atomic mass is 32.1. The molecule has 136 valence electrons. The normalized spacial score (nSPS) is 19.7. The Morgan fingerprint density at radius 3 is 2.62 bits per heavy atom. The lowest BCUT2D eigenvalue weighted by molar-refractivity contribution is -0.139. The molecule has 7 nitrogen and oxygen atoms in total. The molecule has 0 aliphatic carbocycles. The third-order valence-electron chi connectivity index (χ3n) is 4.20. The molecule has 2 N–H and O–H groups in total. The maximum absolute atomic E-state index is 12.7. The number of nitrogens with zero attached hydrogens (tertiary/aromatic N) is 2. The zero-order chi connectivity index (χ0) is 18.7. The molecule has 0 bridgehead atoms. The van der Waals surface area contributed by atoms with Crippen molar-refractivity contribution in [2.24, 2.45) is 0 Å². The first-order valence-electron chi connectivity index (χ1n) is 8.13. The van der Waals surface area contributed by atoms with Crippen molar-refractivity contribution in [3.05, 3.63) is 58.3 Å². The summed E-state index contributed by atoms with van der Waals surface area (Å²) in [6, 6.07) is 12.2. The average Bonchev–Trinajstić information content (AvgIpc) is 3.18. The Hall–Kier alpha value is -2.71. The molecular formula is C18H20N4O3S. The number of carbonyl (C=O) groups is 3. The number of urea groups is 1. The summed E-state index contributed by atoms with van der Waals surface area (Å²) < 4.78 is 0. The van der Waals surface area contributed by atoms with Crippen LogP contribution < -0.4 is 10.7 Å². The number of benzene rings is 1. The SMILES string of the molecule is CN(CC(=O)NN1C(=O)N[C@@](C)(c2ccccc2)C1=O)Cc1cccs1. The van der Waals surface area contributed by atoms with E-state index in [1.54, 1.807) is 49.6 Å². The molecule has 0 unspecified atom stereocenters. The first kappa shape index (κ1) is 18.1. The summed E-state index contributed by atoms with van der Waals surface area (Å²) >= 11 is 1.61. The summed E-state index contributed by atoms with van der Waals surface area (Å²) in [6.07, 6.45) is 0. The van der Waals surface area contributed by atoms with E-state index in [9.17, 15) is 14.4 Å². The number of amides is 4. The highest BCUT2D eigenvalue weighted by molar-refractivity contribution is 7.09. The van der Waals surface area contributed by atoms with E-state index in [4.69, 9.17) is 0 Å². The fourth-order valence-corrected chi connectivity index (χ4v) is 3.62. The third-order valence-corrected chi connectivity index (χ3v) is 5.06. The standard InChI is InChI=1S/C18H20N4O3S/c1-18(13-7-4-3-5-8-13)16(24)22(17(25)19-18)20-15(23)12-21(2)11-14-9-6-10-26-14/h3-10H,11-12H2,1-2H3,(H,19,25)(H,20,23)/t18-/m0/s1. The Bertz CT molecular complexity index is 809. The quantitative estimate of drug-likeness (QED) is 0.756. The van der Waals surface area contributed by atoms with Gasteiger partial charge in [0.1, 0.15) is 5.54 Å². The fourth-order valence-electron chi connectivity index (χ4n) is 2.84. The number of hydrogen-bond donors (Lipinski definition) is 2. The number of hydrogen-bond acceptors (Lipinski definition) is 5. The number of rotatable bonds is 6. The molecule has 2 aromatic rings. The lowest BCUT2D eigenvalue weighted by Gasteiger charge is -2.22. The molecule has 1 saturated heterocycles. The van der Waals surface area contributed by atoms with Gasteiger partial charge >= 0.3 is 6.03 Å². The van der Waals surface area contributed by atoms with Gasteiger partial charge in [0, 0.05) is 11.4 Å². The number of thiophene rings is 1. The molecule has 26 heavy (non-hydrogen) atoms. The van der Waals surface area contributed by atoms with Gasteiger partial charge in [-0.15, -0.1) is 11.3 Å². The van der Waals surface area contributed by atoms with Gasteiger partial charge < -0.3 is 5.32 Å². The number of hydrazine groups is 1. The summed E-state index contributed by atoms with van der Waals surface area (Å²) in [5.41, 5.74) is 1.87. The Morgan fingerprint density at radius 1 is 1.23 bits per heavy atom. The summed E-state index contributed by atoms with van der Waals surface area (Å²) in [7, 11) is 1.80. The molecular weight excluding hydrogens is 352 g/mol. The fraction of sp³-hybridized carbons (Fsp3) is 0.278. The van der Waals surface area contributed by atoms with Gasteiger partial charge in [-0.05, 0) is 31.0 Å². The van der Waals surface area contributed by atoms with Crippen LogP contribution in [0.3, 0.4) is 0 Å². The van der Waals surface area contributed by atoms with E-state index < -0.39 is 23.4 Å². The van der Waals surface area contributed by atoms with Crippen molar-refractivity contribution in [1.82, 2.24) is 20.7 Å². The first-order chi connectivity index (χ1) is 12.4. The maximum Gasteiger partial charge on any atom is 0.344 e. The van der Waals surface area contributed by atoms with Gasteiger partial charge in [0.05, 0.1) is 6.54 Å². The van der Waals surface area contributed by atoms with E-state index in [0.717, 1.165) is 9.89 Å². The second kappa shape index (κ2) is 7.27. The predicted molar refractivity (Wildman–Crippen MR) is 98.0 cm³/mol. The van der Waals surface area contributed by atoms with Crippen molar-refractivity contribution in [2.75, 3.05) is 13.6 Å². The van der Waals surface area contributed by atoms with Crippen LogP contribution in [0.1, 0.15) is 17.4 Å². The van der Waals surface area contributed by atoms with E-state index in [1.807, 2.05) is 28.5 Å². The molecule has 1 fully saturated rings. The highest BCUT2D eigenvalue weighted by Crippen LogP contribution is 2.27. The minimum atomic E-state index is -1.20. The molecule has 0 saturated carbocycles. The van der Waals surface area contributed by atoms with Crippen molar-refractivity contribution < 1.29 is 14.4 Å². The van der Waals surface area contributed by atoms with Crippen LogP contribution in [0.15, 0.2) is 47.8 Å². The number of carbonyl (C=O) groups excluding carboxylic acids is 3. The van der Waals surface area contributed by atoms with E-state index in [1.165, 1.54) is 0 Å². The molecule has 1 aromatic heterocycles. The van der Waals surface area contributed by atoms with Crippen molar-refractivity contribution in [3.63, 3.8) is 0 Å². The molecule has 1 aliphatic rings. The monoisotopic (exact) mass is 372 g/mol. The Kier molecular flexibility index (Phi) is 5.06. The summed E-state index contributed by atoms with van der Waals surface area (Å²) in [6.45, 7) is 2.31. The second-order valence-corrected chi connectivity index (χ2v) is 7.38. The van der Waals surface area contributed by atoms with Gasteiger partial charge in [0.2, 0.25) is 0 Å². The average molecular weight is 372 g/mol. The van der Waals surface area contributed by atoms with Crippen LogP contribution in [0, 0.1) is 0 Å². The van der Waals surface area contributed by atoms with Gasteiger partial charge in [-0.1, -0.05) is 36.4 Å². The van der Waals surface area contributed by atoms with Crippen molar-refractivity contribution >= 4 is 29.2 Å². The zero-order valence-electron chi connectivity index (χ0n) is 14.6. The smallest absolute Gasteiger partial charge is 0.318 e. The minimum absolute atomic E-state index is 0.0665. The molecule has 3 rings (SSSR count). The third kappa shape index (κ3) is 3.61. The largest absolute Gasteiger partial charge is 0.344 e. The second-order valence-electron chi connectivity index (χ2n) is 6.35. The van der Waals surface area contributed by atoms with E-state index in [2.05, 4.69) is 10.7 Å².